The number of rotatable bonds is 8. The molecule has 0 aliphatic carbocycles. The van der Waals surface area contributed by atoms with Gasteiger partial charge in [-0.15, -0.1) is 5.10 Å². The Hall–Kier alpha value is -3.48. The number of fused-ring (bicyclic) bond motifs is 1. The maximum atomic E-state index is 11.1. The first-order valence-corrected chi connectivity index (χ1v) is 12.1. The average Bonchev–Trinajstić information content (AvgIpc) is 3.17. The maximum absolute atomic E-state index is 11.1. The standard InChI is InChI=1S/C25H27N5O3S/c1-16(2)32-21-7-6-18(14-19(21)15-26)24-28-29-25(34-24)33-22-5-3-4-17-8-11-30(12-9-20(17)22)13-10-23(27)31/h3-7,14,16H,8-13H2,1-2H3,(H2,27,31). The molecule has 0 fully saturated rings. The molecule has 2 heterocycles. The molecule has 1 amide bonds. The summed E-state index contributed by atoms with van der Waals surface area (Å²) in [4.78, 5) is 13.4. The van der Waals surface area contributed by atoms with Crippen LogP contribution in [0.5, 0.6) is 16.7 Å². The van der Waals surface area contributed by atoms with Crippen molar-refractivity contribution in [1.29, 1.82) is 5.26 Å². The zero-order valence-corrected chi connectivity index (χ0v) is 20.1. The Bertz CT molecular complexity index is 1220. The molecule has 1 aromatic heterocycles. The molecule has 0 saturated heterocycles. The SMILES string of the molecule is CC(C)Oc1ccc(-c2nnc(Oc3cccc4c3CCN(CCC(N)=O)CC4)s2)cc1C#N. The third-order valence-electron chi connectivity index (χ3n) is 5.59. The van der Waals surface area contributed by atoms with Crippen LogP contribution in [0.3, 0.4) is 0 Å². The number of nitrogens with zero attached hydrogens (tertiary/aromatic N) is 4. The van der Waals surface area contributed by atoms with Gasteiger partial charge in [-0.25, -0.2) is 0 Å². The molecule has 2 N–H and O–H groups in total. The van der Waals surface area contributed by atoms with E-state index in [9.17, 15) is 10.1 Å². The van der Waals surface area contributed by atoms with Gasteiger partial charge >= 0.3 is 0 Å². The lowest BCUT2D eigenvalue weighted by molar-refractivity contribution is -0.118. The van der Waals surface area contributed by atoms with Crippen molar-refractivity contribution in [2.45, 2.75) is 39.2 Å². The third kappa shape index (κ3) is 5.71. The molecule has 1 aliphatic heterocycles. The van der Waals surface area contributed by atoms with Crippen LogP contribution in [0.2, 0.25) is 0 Å². The topological polar surface area (TPSA) is 114 Å². The van der Waals surface area contributed by atoms with Crippen molar-refractivity contribution in [2.24, 2.45) is 5.73 Å². The number of hydrogen-bond donors (Lipinski definition) is 1. The summed E-state index contributed by atoms with van der Waals surface area (Å²) >= 11 is 1.33. The van der Waals surface area contributed by atoms with Gasteiger partial charge in [0.1, 0.15) is 17.6 Å². The van der Waals surface area contributed by atoms with E-state index in [0.717, 1.165) is 42.8 Å². The van der Waals surface area contributed by atoms with Crippen LogP contribution in [-0.4, -0.2) is 46.7 Å². The number of hydrogen-bond acceptors (Lipinski definition) is 8. The number of primary amides is 1. The van der Waals surface area contributed by atoms with Crippen molar-refractivity contribution < 1.29 is 14.3 Å². The lowest BCUT2D eigenvalue weighted by Gasteiger charge is -2.18. The van der Waals surface area contributed by atoms with Crippen LogP contribution >= 0.6 is 11.3 Å². The summed E-state index contributed by atoms with van der Waals surface area (Å²) in [6, 6.07) is 13.7. The van der Waals surface area contributed by atoms with E-state index in [2.05, 4.69) is 27.2 Å². The van der Waals surface area contributed by atoms with Crippen molar-refractivity contribution in [3.63, 3.8) is 0 Å². The fourth-order valence-corrected chi connectivity index (χ4v) is 4.65. The number of carbonyl (C=O) groups excluding carboxylic acids is 1. The number of ether oxygens (including phenoxy) is 2. The van der Waals surface area contributed by atoms with E-state index in [0.29, 0.717) is 34.5 Å². The summed E-state index contributed by atoms with van der Waals surface area (Å²) in [5, 5.41) is 19.1. The fourth-order valence-electron chi connectivity index (χ4n) is 3.95. The Morgan fingerprint density at radius 2 is 2.03 bits per heavy atom. The second kappa shape index (κ2) is 10.6. The Kier molecular flexibility index (Phi) is 7.40. The summed E-state index contributed by atoms with van der Waals surface area (Å²) < 4.78 is 11.9. The Morgan fingerprint density at radius 3 is 2.79 bits per heavy atom. The summed E-state index contributed by atoms with van der Waals surface area (Å²) in [7, 11) is 0. The molecule has 8 nitrogen and oxygen atoms in total. The predicted molar refractivity (Wildman–Crippen MR) is 130 cm³/mol. The van der Waals surface area contributed by atoms with Gasteiger partial charge in [0.2, 0.25) is 5.91 Å². The van der Waals surface area contributed by atoms with E-state index in [1.165, 1.54) is 16.9 Å². The van der Waals surface area contributed by atoms with Gasteiger partial charge in [0.15, 0.2) is 5.01 Å². The van der Waals surface area contributed by atoms with Crippen molar-refractivity contribution in [2.75, 3.05) is 19.6 Å². The highest BCUT2D eigenvalue weighted by atomic mass is 32.1. The second-order valence-electron chi connectivity index (χ2n) is 8.42. The molecule has 9 heteroatoms. The van der Waals surface area contributed by atoms with Gasteiger partial charge in [0, 0.05) is 31.6 Å². The quantitative estimate of drug-likeness (QED) is 0.523. The summed E-state index contributed by atoms with van der Waals surface area (Å²) in [6.07, 6.45) is 2.05. The van der Waals surface area contributed by atoms with E-state index in [1.807, 2.05) is 32.0 Å². The molecule has 0 radical (unpaired) electrons. The molecule has 0 saturated carbocycles. The first kappa shape index (κ1) is 23.7. The molecule has 0 bridgehead atoms. The first-order valence-electron chi connectivity index (χ1n) is 11.3. The van der Waals surface area contributed by atoms with E-state index in [-0.39, 0.29) is 12.0 Å². The molecule has 0 unspecified atom stereocenters. The molecule has 176 valence electrons. The lowest BCUT2D eigenvalue weighted by atomic mass is 10.0. The van der Waals surface area contributed by atoms with Crippen molar-refractivity contribution in [1.82, 2.24) is 15.1 Å². The number of amides is 1. The smallest absolute Gasteiger partial charge is 0.299 e. The maximum Gasteiger partial charge on any atom is 0.299 e. The molecule has 34 heavy (non-hydrogen) atoms. The minimum atomic E-state index is -0.276. The number of nitrogens with two attached hydrogens (primary N) is 1. The molecule has 2 aromatic carbocycles. The number of benzene rings is 2. The average molecular weight is 478 g/mol. The van der Waals surface area contributed by atoms with Gasteiger partial charge in [-0.1, -0.05) is 28.6 Å². The predicted octanol–water partition coefficient (Wildman–Crippen LogP) is 3.93. The van der Waals surface area contributed by atoms with Crippen molar-refractivity contribution in [3.05, 3.63) is 53.1 Å². The van der Waals surface area contributed by atoms with Crippen LogP contribution in [0.1, 0.15) is 37.0 Å². The van der Waals surface area contributed by atoms with E-state index >= 15 is 0 Å². The van der Waals surface area contributed by atoms with Crippen LogP contribution < -0.4 is 15.2 Å². The van der Waals surface area contributed by atoms with E-state index < -0.39 is 0 Å². The highest BCUT2D eigenvalue weighted by molar-refractivity contribution is 7.16. The van der Waals surface area contributed by atoms with Crippen LogP contribution in [0, 0.1) is 11.3 Å². The Morgan fingerprint density at radius 1 is 1.21 bits per heavy atom. The highest BCUT2D eigenvalue weighted by Crippen LogP contribution is 2.35. The van der Waals surface area contributed by atoms with Crippen LogP contribution in [-0.2, 0) is 17.6 Å². The summed E-state index contributed by atoms with van der Waals surface area (Å²) in [5.74, 6) is 1.05. The van der Waals surface area contributed by atoms with Gasteiger partial charge in [0.25, 0.3) is 5.19 Å². The van der Waals surface area contributed by atoms with Gasteiger partial charge in [-0.05, 0) is 62.1 Å². The minimum Gasteiger partial charge on any atom is -0.490 e. The van der Waals surface area contributed by atoms with E-state index in [1.54, 1.807) is 12.1 Å². The normalized spacial score (nSPS) is 13.7. The van der Waals surface area contributed by atoms with Gasteiger partial charge < -0.3 is 20.1 Å². The van der Waals surface area contributed by atoms with Gasteiger partial charge in [-0.3, -0.25) is 4.79 Å². The van der Waals surface area contributed by atoms with Gasteiger partial charge in [0.05, 0.1) is 11.7 Å². The number of aromatic nitrogens is 2. The third-order valence-corrected chi connectivity index (χ3v) is 6.44. The highest BCUT2D eigenvalue weighted by Gasteiger charge is 2.19. The summed E-state index contributed by atoms with van der Waals surface area (Å²) in [5.41, 5.74) is 8.95. The summed E-state index contributed by atoms with van der Waals surface area (Å²) in [6.45, 7) is 6.23. The van der Waals surface area contributed by atoms with Crippen LogP contribution in [0.15, 0.2) is 36.4 Å². The van der Waals surface area contributed by atoms with Crippen molar-refractivity contribution >= 4 is 17.2 Å². The van der Waals surface area contributed by atoms with E-state index in [4.69, 9.17) is 15.2 Å². The molecule has 3 aromatic rings. The molecule has 4 rings (SSSR count). The first-order chi connectivity index (χ1) is 16.4. The Balaban J connectivity index is 1.50. The fraction of sp³-hybridized carbons (Fsp3) is 0.360. The van der Waals surface area contributed by atoms with Gasteiger partial charge in [-0.2, -0.15) is 5.26 Å². The molecular formula is C25H27N5O3S. The van der Waals surface area contributed by atoms with Crippen LogP contribution in [0.4, 0.5) is 0 Å². The monoisotopic (exact) mass is 477 g/mol. The van der Waals surface area contributed by atoms with Crippen molar-refractivity contribution in [3.8, 4) is 33.3 Å². The molecule has 0 atom stereocenters. The largest absolute Gasteiger partial charge is 0.490 e. The number of carbonyl (C=O) groups is 1. The number of nitriles is 1. The zero-order valence-electron chi connectivity index (χ0n) is 19.3. The minimum absolute atomic E-state index is 0.0179. The zero-order chi connectivity index (χ0) is 24.1. The molecule has 0 spiro atoms. The second-order valence-corrected chi connectivity index (χ2v) is 9.36. The molecule has 1 aliphatic rings. The lowest BCUT2D eigenvalue weighted by Crippen LogP contribution is -2.30. The molecular weight excluding hydrogens is 450 g/mol. The van der Waals surface area contributed by atoms with Crippen LogP contribution in [0.25, 0.3) is 10.6 Å². The Labute approximate surface area is 202 Å².